The molecule has 5 heteroatoms. The van der Waals surface area contributed by atoms with Gasteiger partial charge in [-0.2, -0.15) is 0 Å². The van der Waals surface area contributed by atoms with Gasteiger partial charge in [0.15, 0.2) is 6.61 Å². The maximum absolute atomic E-state index is 12.0. The second-order valence-corrected chi connectivity index (χ2v) is 5.79. The second-order valence-electron chi connectivity index (χ2n) is 5.79. The molecule has 0 atom stereocenters. The van der Waals surface area contributed by atoms with Crippen LogP contribution in [0.15, 0.2) is 36.4 Å². The van der Waals surface area contributed by atoms with E-state index in [1.165, 1.54) is 12.5 Å². The number of rotatable bonds is 5. The van der Waals surface area contributed by atoms with Gasteiger partial charge in [-0.3, -0.25) is 9.59 Å². The number of ether oxygens (including phenoxy) is 1. The smallest absolute Gasteiger partial charge is 0.262 e. The van der Waals surface area contributed by atoms with Gasteiger partial charge < -0.3 is 15.4 Å². The zero-order chi connectivity index (χ0) is 17.7. The standard InChI is InChI=1S/C19H22N2O3/c1-12-6-8-17(9-14(12)3)24-11-19(23)21-16-7-5-13(2)18(10-16)20-15(4)22/h5-10H,11H2,1-4H3,(H,20,22)(H,21,23). The Hall–Kier alpha value is -2.82. The summed E-state index contributed by atoms with van der Waals surface area (Å²) < 4.78 is 5.51. The van der Waals surface area contributed by atoms with Gasteiger partial charge in [-0.05, 0) is 61.7 Å². The fourth-order valence-electron chi connectivity index (χ4n) is 2.17. The van der Waals surface area contributed by atoms with Crippen LogP contribution in [0.1, 0.15) is 23.6 Å². The number of carbonyl (C=O) groups excluding carboxylic acids is 2. The largest absolute Gasteiger partial charge is 0.484 e. The van der Waals surface area contributed by atoms with Gasteiger partial charge >= 0.3 is 0 Å². The number of nitrogens with one attached hydrogen (secondary N) is 2. The van der Waals surface area contributed by atoms with Gasteiger partial charge in [0, 0.05) is 18.3 Å². The summed E-state index contributed by atoms with van der Waals surface area (Å²) in [6, 6.07) is 11.1. The normalized spacial score (nSPS) is 10.2. The summed E-state index contributed by atoms with van der Waals surface area (Å²) in [4.78, 5) is 23.2. The first-order valence-electron chi connectivity index (χ1n) is 7.73. The highest BCUT2D eigenvalue weighted by Gasteiger charge is 2.07. The van der Waals surface area contributed by atoms with E-state index in [9.17, 15) is 9.59 Å². The van der Waals surface area contributed by atoms with Crippen molar-refractivity contribution in [1.29, 1.82) is 0 Å². The van der Waals surface area contributed by atoms with E-state index in [2.05, 4.69) is 10.6 Å². The van der Waals surface area contributed by atoms with Crippen molar-refractivity contribution < 1.29 is 14.3 Å². The highest BCUT2D eigenvalue weighted by Crippen LogP contribution is 2.20. The Bertz CT molecular complexity index is 769. The Labute approximate surface area is 142 Å². The molecule has 2 rings (SSSR count). The van der Waals surface area contributed by atoms with Crippen LogP contribution in [0.3, 0.4) is 0 Å². The molecule has 5 nitrogen and oxygen atoms in total. The molecule has 0 saturated heterocycles. The van der Waals surface area contributed by atoms with Crippen molar-refractivity contribution in [2.24, 2.45) is 0 Å². The van der Waals surface area contributed by atoms with Crippen molar-refractivity contribution in [3.63, 3.8) is 0 Å². The number of hydrogen-bond acceptors (Lipinski definition) is 3. The highest BCUT2D eigenvalue weighted by molar-refractivity contribution is 5.94. The van der Waals surface area contributed by atoms with Crippen LogP contribution in [0.25, 0.3) is 0 Å². The van der Waals surface area contributed by atoms with Crippen LogP contribution < -0.4 is 15.4 Å². The fourth-order valence-corrected chi connectivity index (χ4v) is 2.17. The molecule has 0 aromatic heterocycles. The van der Waals surface area contributed by atoms with Gasteiger partial charge in [-0.15, -0.1) is 0 Å². The molecule has 0 radical (unpaired) electrons. The first-order chi connectivity index (χ1) is 11.3. The van der Waals surface area contributed by atoms with Crippen LogP contribution in [0.2, 0.25) is 0 Å². The van der Waals surface area contributed by atoms with E-state index in [0.29, 0.717) is 17.1 Å². The molecule has 0 heterocycles. The van der Waals surface area contributed by atoms with Crippen LogP contribution in [0.4, 0.5) is 11.4 Å². The summed E-state index contributed by atoms with van der Waals surface area (Å²) in [5, 5.41) is 5.50. The number of benzene rings is 2. The predicted octanol–water partition coefficient (Wildman–Crippen LogP) is 3.59. The molecule has 0 spiro atoms. The molecule has 0 aliphatic rings. The minimum Gasteiger partial charge on any atom is -0.484 e. The molecule has 2 aromatic carbocycles. The second kappa shape index (κ2) is 7.64. The van der Waals surface area contributed by atoms with E-state index < -0.39 is 0 Å². The predicted molar refractivity (Wildman–Crippen MR) is 95.5 cm³/mol. The van der Waals surface area contributed by atoms with Crippen molar-refractivity contribution in [2.75, 3.05) is 17.2 Å². The van der Waals surface area contributed by atoms with Gasteiger partial charge in [0.25, 0.3) is 5.91 Å². The number of aryl methyl sites for hydroxylation is 3. The zero-order valence-electron chi connectivity index (χ0n) is 14.4. The van der Waals surface area contributed by atoms with E-state index >= 15 is 0 Å². The Balaban J connectivity index is 1.96. The molecule has 126 valence electrons. The minimum atomic E-state index is -0.258. The first-order valence-corrected chi connectivity index (χ1v) is 7.73. The number of hydrogen-bond donors (Lipinski definition) is 2. The molecule has 0 unspecified atom stereocenters. The third-order valence-corrected chi connectivity index (χ3v) is 3.68. The fraction of sp³-hybridized carbons (Fsp3) is 0.263. The van der Waals surface area contributed by atoms with Crippen LogP contribution in [0.5, 0.6) is 5.75 Å². The third-order valence-electron chi connectivity index (χ3n) is 3.68. The van der Waals surface area contributed by atoms with Gasteiger partial charge in [0.1, 0.15) is 5.75 Å². The summed E-state index contributed by atoms with van der Waals surface area (Å²) >= 11 is 0. The van der Waals surface area contributed by atoms with Crippen molar-refractivity contribution in [1.82, 2.24) is 0 Å². The Morgan fingerprint density at radius 1 is 0.917 bits per heavy atom. The van der Waals surface area contributed by atoms with E-state index in [1.807, 2.05) is 45.0 Å². The molecule has 2 N–H and O–H groups in total. The molecule has 24 heavy (non-hydrogen) atoms. The zero-order valence-corrected chi connectivity index (χ0v) is 14.4. The number of anilines is 2. The average Bonchev–Trinajstić information content (AvgIpc) is 2.51. The third kappa shape index (κ3) is 4.84. The van der Waals surface area contributed by atoms with Crippen LogP contribution in [-0.2, 0) is 9.59 Å². The van der Waals surface area contributed by atoms with Gasteiger partial charge in [0.05, 0.1) is 0 Å². The lowest BCUT2D eigenvalue weighted by Crippen LogP contribution is -2.20. The lowest BCUT2D eigenvalue weighted by Gasteiger charge is -2.11. The van der Waals surface area contributed by atoms with E-state index in [1.54, 1.807) is 12.1 Å². The average molecular weight is 326 g/mol. The van der Waals surface area contributed by atoms with Gasteiger partial charge in [-0.25, -0.2) is 0 Å². The SMILES string of the molecule is CC(=O)Nc1cc(NC(=O)COc2ccc(C)c(C)c2)ccc1C. The van der Waals surface area contributed by atoms with Crippen LogP contribution >= 0.6 is 0 Å². The van der Waals surface area contributed by atoms with Gasteiger partial charge in [-0.1, -0.05) is 12.1 Å². The number of amides is 2. The summed E-state index contributed by atoms with van der Waals surface area (Å²) in [6.07, 6.45) is 0. The lowest BCUT2D eigenvalue weighted by molar-refractivity contribution is -0.118. The van der Waals surface area contributed by atoms with Gasteiger partial charge in [0.2, 0.25) is 5.91 Å². The lowest BCUT2D eigenvalue weighted by atomic mass is 10.1. The molecular weight excluding hydrogens is 304 g/mol. The topological polar surface area (TPSA) is 67.4 Å². The van der Waals surface area contributed by atoms with Crippen molar-refractivity contribution in [2.45, 2.75) is 27.7 Å². The highest BCUT2D eigenvalue weighted by atomic mass is 16.5. The monoisotopic (exact) mass is 326 g/mol. The maximum atomic E-state index is 12.0. The Kier molecular flexibility index (Phi) is 5.58. The van der Waals surface area contributed by atoms with Crippen molar-refractivity contribution >= 4 is 23.2 Å². The summed E-state index contributed by atoms with van der Waals surface area (Å²) in [7, 11) is 0. The van der Waals surface area contributed by atoms with E-state index in [-0.39, 0.29) is 18.4 Å². The molecule has 0 aliphatic carbocycles. The molecular formula is C19H22N2O3. The van der Waals surface area contributed by atoms with Crippen LogP contribution in [0, 0.1) is 20.8 Å². The van der Waals surface area contributed by atoms with Crippen molar-refractivity contribution in [3.8, 4) is 5.75 Å². The summed E-state index contributed by atoms with van der Waals surface area (Å²) in [6.45, 7) is 7.28. The quantitative estimate of drug-likeness (QED) is 0.882. The summed E-state index contributed by atoms with van der Waals surface area (Å²) in [5.74, 6) is 0.251. The number of carbonyl (C=O) groups is 2. The Morgan fingerprint density at radius 2 is 1.62 bits per heavy atom. The van der Waals surface area contributed by atoms with Crippen molar-refractivity contribution in [3.05, 3.63) is 53.1 Å². The summed E-state index contributed by atoms with van der Waals surface area (Å²) in [5.41, 5.74) is 4.51. The first kappa shape index (κ1) is 17.5. The minimum absolute atomic E-state index is 0.0775. The molecule has 2 aromatic rings. The molecule has 0 saturated carbocycles. The molecule has 0 bridgehead atoms. The van der Waals surface area contributed by atoms with E-state index in [0.717, 1.165) is 11.1 Å². The van der Waals surface area contributed by atoms with Crippen LogP contribution in [-0.4, -0.2) is 18.4 Å². The molecule has 2 amide bonds. The molecule has 0 fully saturated rings. The maximum Gasteiger partial charge on any atom is 0.262 e. The van der Waals surface area contributed by atoms with E-state index in [4.69, 9.17) is 4.74 Å². The molecule has 0 aliphatic heterocycles. The Morgan fingerprint density at radius 3 is 2.29 bits per heavy atom.